The third kappa shape index (κ3) is 4.53. The Hall–Kier alpha value is -2.46. The fourth-order valence-electron chi connectivity index (χ4n) is 1.91. The van der Waals surface area contributed by atoms with E-state index in [0.717, 1.165) is 19.3 Å². The zero-order valence-corrected chi connectivity index (χ0v) is 11.8. The van der Waals surface area contributed by atoms with Crippen LogP contribution in [0.15, 0.2) is 15.8 Å². The second kappa shape index (κ2) is 7.52. The Bertz CT molecular complexity index is 646. The average molecular weight is 311 g/mol. The third-order valence-electron chi connectivity index (χ3n) is 3.09. The topological polar surface area (TPSA) is 136 Å². The average Bonchev–Trinajstić information content (AvgIpc) is 2.51. The van der Waals surface area contributed by atoms with Gasteiger partial charge in [0, 0.05) is 32.4 Å². The Morgan fingerprint density at radius 1 is 1.23 bits per heavy atom. The van der Waals surface area contributed by atoms with Crippen LogP contribution in [0.25, 0.3) is 0 Å². The summed E-state index contributed by atoms with van der Waals surface area (Å²) in [5, 5.41) is 4.59. The van der Waals surface area contributed by atoms with E-state index >= 15 is 0 Å². The minimum absolute atomic E-state index is 0.201. The molecule has 22 heavy (non-hydrogen) atoms. The van der Waals surface area contributed by atoms with Crippen molar-refractivity contribution in [3.05, 3.63) is 27.0 Å². The first kappa shape index (κ1) is 15.9. The number of carbonyl (C=O) groups is 2. The number of hydrogen-bond donors (Lipinski definition) is 4. The largest absolute Gasteiger partial charge is 0.379 e. The molecule has 0 atom stereocenters. The van der Waals surface area contributed by atoms with Crippen molar-refractivity contribution in [2.75, 3.05) is 44.7 Å². The van der Waals surface area contributed by atoms with Gasteiger partial charge in [-0.1, -0.05) is 0 Å². The SMILES string of the molecule is O=C(NCCN1CCOCC1)C(=O)Nc1c[nH]c(=O)[nH]c1=O. The van der Waals surface area contributed by atoms with Crippen molar-refractivity contribution in [1.29, 1.82) is 0 Å². The Labute approximate surface area is 124 Å². The number of hydrogen-bond acceptors (Lipinski definition) is 6. The molecule has 1 aliphatic heterocycles. The highest BCUT2D eigenvalue weighted by Gasteiger charge is 2.16. The summed E-state index contributed by atoms with van der Waals surface area (Å²) >= 11 is 0. The van der Waals surface area contributed by atoms with Gasteiger partial charge in [0.1, 0.15) is 5.69 Å². The molecule has 0 saturated carbocycles. The van der Waals surface area contributed by atoms with Crippen LogP contribution in [0.3, 0.4) is 0 Å². The van der Waals surface area contributed by atoms with E-state index in [9.17, 15) is 19.2 Å². The summed E-state index contributed by atoms with van der Waals surface area (Å²) in [6, 6.07) is 0. The van der Waals surface area contributed by atoms with Gasteiger partial charge in [-0.3, -0.25) is 24.3 Å². The van der Waals surface area contributed by atoms with Gasteiger partial charge in [0.2, 0.25) is 0 Å². The highest BCUT2D eigenvalue weighted by molar-refractivity contribution is 6.39. The lowest BCUT2D eigenvalue weighted by molar-refractivity contribution is -0.136. The maximum Gasteiger partial charge on any atom is 0.325 e. The molecule has 0 bridgehead atoms. The van der Waals surface area contributed by atoms with E-state index in [1.54, 1.807) is 0 Å². The molecule has 0 aromatic carbocycles. The molecule has 1 aromatic heterocycles. The first-order valence-corrected chi connectivity index (χ1v) is 6.77. The van der Waals surface area contributed by atoms with Gasteiger partial charge in [0.25, 0.3) is 5.56 Å². The Morgan fingerprint density at radius 3 is 2.64 bits per heavy atom. The number of nitrogens with one attached hydrogen (secondary N) is 4. The zero-order chi connectivity index (χ0) is 15.9. The van der Waals surface area contributed by atoms with E-state index in [1.807, 2.05) is 4.98 Å². The third-order valence-corrected chi connectivity index (χ3v) is 3.09. The second-order valence-corrected chi connectivity index (χ2v) is 4.65. The predicted octanol–water partition coefficient (Wildman–Crippen LogP) is -2.55. The number of H-pyrrole nitrogens is 2. The number of ether oxygens (including phenoxy) is 1. The summed E-state index contributed by atoms with van der Waals surface area (Å²) in [5.74, 6) is -1.82. The lowest BCUT2D eigenvalue weighted by atomic mass is 10.4. The van der Waals surface area contributed by atoms with Crippen LogP contribution in [0.1, 0.15) is 0 Å². The summed E-state index contributed by atoms with van der Waals surface area (Å²) in [4.78, 5) is 51.7. The first-order valence-electron chi connectivity index (χ1n) is 6.77. The number of carbonyl (C=O) groups excluding carboxylic acids is 2. The van der Waals surface area contributed by atoms with Crippen molar-refractivity contribution in [2.24, 2.45) is 0 Å². The van der Waals surface area contributed by atoms with Gasteiger partial charge in [-0.05, 0) is 0 Å². The van der Waals surface area contributed by atoms with Gasteiger partial charge in [-0.15, -0.1) is 0 Å². The molecule has 2 heterocycles. The molecule has 0 unspecified atom stereocenters. The van der Waals surface area contributed by atoms with Gasteiger partial charge < -0.3 is 20.4 Å². The molecule has 1 saturated heterocycles. The van der Waals surface area contributed by atoms with Crippen LogP contribution in [-0.2, 0) is 14.3 Å². The molecule has 0 aliphatic carbocycles. The van der Waals surface area contributed by atoms with E-state index in [-0.39, 0.29) is 5.69 Å². The maximum atomic E-state index is 11.6. The van der Waals surface area contributed by atoms with Gasteiger partial charge >= 0.3 is 17.5 Å². The molecule has 1 fully saturated rings. The Morgan fingerprint density at radius 2 is 1.95 bits per heavy atom. The molecule has 1 aliphatic rings. The van der Waals surface area contributed by atoms with Crippen LogP contribution in [0, 0.1) is 0 Å². The van der Waals surface area contributed by atoms with Crippen LogP contribution in [0.5, 0.6) is 0 Å². The lowest BCUT2D eigenvalue weighted by Crippen LogP contribution is -2.44. The highest BCUT2D eigenvalue weighted by atomic mass is 16.5. The molecule has 4 N–H and O–H groups in total. The van der Waals surface area contributed by atoms with Gasteiger partial charge in [-0.2, -0.15) is 0 Å². The number of amides is 2. The molecule has 2 amide bonds. The first-order chi connectivity index (χ1) is 10.6. The smallest absolute Gasteiger partial charge is 0.325 e. The van der Waals surface area contributed by atoms with Crippen LogP contribution in [0.4, 0.5) is 5.69 Å². The number of rotatable bonds is 4. The van der Waals surface area contributed by atoms with E-state index in [2.05, 4.69) is 20.5 Å². The van der Waals surface area contributed by atoms with E-state index in [4.69, 9.17) is 4.74 Å². The Kier molecular flexibility index (Phi) is 5.44. The van der Waals surface area contributed by atoms with E-state index in [1.165, 1.54) is 0 Å². The minimum Gasteiger partial charge on any atom is -0.379 e. The number of nitrogens with zero attached hydrogens (tertiary/aromatic N) is 1. The van der Waals surface area contributed by atoms with E-state index < -0.39 is 23.1 Å². The maximum absolute atomic E-state index is 11.6. The monoisotopic (exact) mass is 311 g/mol. The molecule has 2 rings (SSSR count). The molecular formula is C12H17N5O5. The molecule has 10 nitrogen and oxygen atoms in total. The molecule has 1 aromatic rings. The minimum atomic E-state index is -0.973. The fourth-order valence-corrected chi connectivity index (χ4v) is 1.91. The number of anilines is 1. The zero-order valence-electron chi connectivity index (χ0n) is 11.8. The van der Waals surface area contributed by atoms with Gasteiger partial charge in [-0.25, -0.2) is 4.79 Å². The summed E-state index contributed by atoms with van der Waals surface area (Å²) < 4.78 is 5.20. The highest BCUT2D eigenvalue weighted by Crippen LogP contribution is 1.95. The van der Waals surface area contributed by atoms with Crippen molar-refractivity contribution in [2.45, 2.75) is 0 Å². The Balaban J connectivity index is 1.78. The second-order valence-electron chi connectivity index (χ2n) is 4.65. The fraction of sp³-hybridized carbons (Fsp3) is 0.500. The summed E-state index contributed by atoms with van der Waals surface area (Å²) in [6.07, 6.45) is 1.03. The van der Waals surface area contributed by atoms with E-state index in [0.29, 0.717) is 26.3 Å². The lowest BCUT2D eigenvalue weighted by Gasteiger charge is -2.26. The summed E-state index contributed by atoms with van der Waals surface area (Å²) in [5.41, 5.74) is -1.68. The number of morpholine rings is 1. The van der Waals surface area contributed by atoms with Crippen LogP contribution in [-0.4, -0.2) is 66.1 Å². The standard InChI is InChI=1S/C12H17N5O5/c18-9-8(7-14-12(21)16-9)15-11(20)10(19)13-1-2-17-3-5-22-6-4-17/h7H,1-6H2,(H,13,19)(H,15,20)(H2,14,16,18,21). The van der Waals surface area contributed by atoms with Crippen molar-refractivity contribution >= 4 is 17.5 Å². The molecule has 0 radical (unpaired) electrons. The number of aromatic amines is 2. The van der Waals surface area contributed by atoms with Crippen molar-refractivity contribution < 1.29 is 14.3 Å². The summed E-state index contributed by atoms with van der Waals surface area (Å²) in [6.45, 7) is 3.81. The van der Waals surface area contributed by atoms with Crippen LogP contribution >= 0.6 is 0 Å². The molecule has 0 spiro atoms. The summed E-state index contributed by atoms with van der Waals surface area (Å²) in [7, 11) is 0. The van der Waals surface area contributed by atoms with Gasteiger partial charge in [0.05, 0.1) is 13.2 Å². The van der Waals surface area contributed by atoms with Crippen molar-refractivity contribution in [3.8, 4) is 0 Å². The molecular weight excluding hydrogens is 294 g/mol. The van der Waals surface area contributed by atoms with Gasteiger partial charge in [0.15, 0.2) is 0 Å². The molecule has 10 heteroatoms. The molecule has 120 valence electrons. The van der Waals surface area contributed by atoms with Crippen molar-refractivity contribution in [3.63, 3.8) is 0 Å². The predicted molar refractivity (Wildman–Crippen MR) is 76.6 cm³/mol. The quantitative estimate of drug-likeness (QED) is 0.452. The number of aromatic nitrogens is 2. The van der Waals surface area contributed by atoms with Crippen LogP contribution in [0.2, 0.25) is 0 Å². The van der Waals surface area contributed by atoms with Crippen LogP contribution < -0.4 is 21.9 Å². The normalized spacial score (nSPS) is 15.3. The van der Waals surface area contributed by atoms with Crippen molar-refractivity contribution in [1.82, 2.24) is 20.2 Å².